The van der Waals surface area contributed by atoms with E-state index in [-0.39, 0.29) is 18.3 Å². The third kappa shape index (κ3) is 5.54. The second kappa shape index (κ2) is 8.87. The van der Waals surface area contributed by atoms with Gasteiger partial charge in [0.15, 0.2) is 12.4 Å². The first-order chi connectivity index (χ1) is 11.6. The third-order valence-corrected chi connectivity index (χ3v) is 3.69. The molecule has 1 amide bonds. The van der Waals surface area contributed by atoms with Crippen molar-refractivity contribution in [2.45, 2.75) is 33.1 Å². The predicted molar refractivity (Wildman–Crippen MR) is 95.6 cm³/mol. The van der Waals surface area contributed by atoms with Crippen LogP contribution in [0.4, 0.5) is 5.69 Å². The fraction of sp³-hybridized carbons (Fsp3) is 0.300. The number of nitrogens with one attached hydrogen (secondary N) is 1. The van der Waals surface area contributed by atoms with Gasteiger partial charge in [-0.1, -0.05) is 25.5 Å². The minimum atomic E-state index is -0.216. The summed E-state index contributed by atoms with van der Waals surface area (Å²) in [5.74, 6) is 0.346. The van der Waals surface area contributed by atoms with Crippen LogP contribution < -0.4 is 10.1 Å². The molecule has 0 aliphatic heterocycles. The fourth-order valence-electron chi connectivity index (χ4n) is 2.27. The van der Waals surface area contributed by atoms with Gasteiger partial charge in [0.1, 0.15) is 5.75 Å². The fourth-order valence-corrected chi connectivity index (χ4v) is 2.27. The molecule has 0 saturated carbocycles. The van der Waals surface area contributed by atoms with Gasteiger partial charge >= 0.3 is 0 Å². The van der Waals surface area contributed by atoms with Gasteiger partial charge in [-0.25, -0.2) is 0 Å². The van der Waals surface area contributed by atoms with Crippen LogP contribution in [-0.2, 0) is 11.2 Å². The molecule has 0 aliphatic rings. The van der Waals surface area contributed by atoms with Crippen molar-refractivity contribution in [2.24, 2.45) is 0 Å². The van der Waals surface area contributed by atoms with Crippen LogP contribution in [0.2, 0.25) is 0 Å². The molecule has 0 unspecified atom stereocenters. The second-order valence-corrected chi connectivity index (χ2v) is 5.72. The SMILES string of the molecule is CCCCc1ccc(NC(=O)COc2ccc(C(C)=O)cc2)cc1. The number of carbonyl (C=O) groups is 2. The van der Waals surface area contributed by atoms with Crippen LogP contribution in [-0.4, -0.2) is 18.3 Å². The molecule has 4 heteroatoms. The summed E-state index contributed by atoms with van der Waals surface area (Å²) < 4.78 is 5.43. The number of ether oxygens (including phenoxy) is 1. The number of Topliss-reactive ketones (excluding diaryl/α,β-unsaturated/α-hetero) is 1. The first kappa shape index (κ1) is 17.7. The van der Waals surface area contributed by atoms with Gasteiger partial charge in [-0.2, -0.15) is 0 Å². The summed E-state index contributed by atoms with van der Waals surface area (Å²) in [6.45, 7) is 3.61. The van der Waals surface area contributed by atoms with Crippen LogP contribution >= 0.6 is 0 Å². The van der Waals surface area contributed by atoms with E-state index in [2.05, 4.69) is 12.2 Å². The summed E-state index contributed by atoms with van der Waals surface area (Å²) in [6.07, 6.45) is 3.40. The maximum absolute atomic E-state index is 11.9. The highest BCUT2D eigenvalue weighted by Crippen LogP contribution is 2.14. The van der Waals surface area contributed by atoms with Crippen LogP contribution in [0, 0.1) is 0 Å². The van der Waals surface area contributed by atoms with E-state index in [1.165, 1.54) is 25.3 Å². The Morgan fingerprint density at radius 1 is 1.00 bits per heavy atom. The Kier molecular flexibility index (Phi) is 6.55. The van der Waals surface area contributed by atoms with Gasteiger partial charge in [-0.15, -0.1) is 0 Å². The van der Waals surface area contributed by atoms with Crippen LogP contribution in [0.5, 0.6) is 5.75 Å². The number of amides is 1. The molecule has 24 heavy (non-hydrogen) atoms. The van der Waals surface area contributed by atoms with Crippen molar-refractivity contribution < 1.29 is 14.3 Å². The Hall–Kier alpha value is -2.62. The lowest BCUT2D eigenvalue weighted by atomic mass is 10.1. The lowest BCUT2D eigenvalue weighted by molar-refractivity contribution is -0.118. The van der Waals surface area contributed by atoms with Crippen molar-refractivity contribution in [2.75, 3.05) is 11.9 Å². The normalized spacial score (nSPS) is 10.2. The molecule has 0 spiro atoms. The molecule has 0 radical (unpaired) electrons. The number of rotatable bonds is 8. The Morgan fingerprint density at radius 2 is 1.67 bits per heavy atom. The van der Waals surface area contributed by atoms with E-state index in [9.17, 15) is 9.59 Å². The van der Waals surface area contributed by atoms with Crippen LogP contribution in [0.15, 0.2) is 48.5 Å². The van der Waals surface area contributed by atoms with Crippen molar-refractivity contribution in [3.63, 3.8) is 0 Å². The highest BCUT2D eigenvalue weighted by molar-refractivity contribution is 5.94. The second-order valence-electron chi connectivity index (χ2n) is 5.72. The molecule has 2 rings (SSSR count). The molecular formula is C20H23NO3. The smallest absolute Gasteiger partial charge is 0.262 e. The molecule has 2 aromatic rings. The number of anilines is 1. The van der Waals surface area contributed by atoms with E-state index in [0.717, 1.165) is 12.1 Å². The lowest BCUT2D eigenvalue weighted by Gasteiger charge is -2.08. The van der Waals surface area contributed by atoms with Crippen molar-refractivity contribution >= 4 is 17.4 Å². The standard InChI is InChI=1S/C20H23NO3/c1-3-4-5-16-6-10-18(11-7-16)21-20(23)14-24-19-12-8-17(9-13-19)15(2)22/h6-13H,3-5,14H2,1-2H3,(H,21,23). The lowest BCUT2D eigenvalue weighted by Crippen LogP contribution is -2.20. The average Bonchev–Trinajstić information content (AvgIpc) is 2.59. The van der Waals surface area contributed by atoms with Crippen LogP contribution in [0.25, 0.3) is 0 Å². The molecule has 2 aromatic carbocycles. The number of hydrogen-bond acceptors (Lipinski definition) is 3. The van der Waals surface area contributed by atoms with Crippen molar-refractivity contribution in [1.29, 1.82) is 0 Å². The molecule has 0 aromatic heterocycles. The molecule has 0 heterocycles. The molecule has 126 valence electrons. The summed E-state index contributed by atoms with van der Waals surface area (Å²) >= 11 is 0. The molecule has 0 fully saturated rings. The van der Waals surface area contributed by atoms with E-state index in [1.807, 2.05) is 24.3 Å². The summed E-state index contributed by atoms with van der Waals surface area (Å²) in [7, 11) is 0. The summed E-state index contributed by atoms with van der Waals surface area (Å²) in [5, 5.41) is 2.81. The molecule has 1 N–H and O–H groups in total. The number of aryl methyl sites for hydroxylation is 1. The van der Waals surface area contributed by atoms with Gasteiger partial charge in [0.2, 0.25) is 0 Å². The number of carbonyl (C=O) groups excluding carboxylic acids is 2. The quantitative estimate of drug-likeness (QED) is 0.738. The van der Waals surface area contributed by atoms with E-state index in [1.54, 1.807) is 24.3 Å². The Bertz CT molecular complexity index is 675. The van der Waals surface area contributed by atoms with Crippen LogP contribution in [0.3, 0.4) is 0 Å². The van der Waals surface area contributed by atoms with E-state index in [4.69, 9.17) is 4.74 Å². The molecule has 0 bridgehead atoms. The monoisotopic (exact) mass is 325 g/mol. The Balaban J connectivity index is 1.81. The number of ketones is 1. The summed E-state index contributed by atoms with van der Waals surface area (Å²) in [5.41, 5.74) is 2.66. The predicted octanol–water partition coefficient (Wildman–Crippen LogP) is 4.25. The van der Waals surface area contributed by atoms with E-state index < -0.39 is 0 Å². The van der Waals surface area contributed by atoms with E-state index >= 15 is 0 Å². The van der Waals surface area contributed by atoms with Gasteiger partial charge < -0.3 is 10.1 Å². The Labute approximate surface area is 142 Å². The van der Waals surface area contributed by atoms with E-state index in [0.29, 0.717) is 11.3 Å². The molecule has 0 saturated heterocycles. The van der Waals surface area contributed by atoms with Gasteiger partial charge in [0.25, 0.3) is 5.91 Å². The first-order valence-corrected chi connectivity index (χ1v) is 8.21. The third-order valence-electron chi connectivity index (χ3n) is 3.69. The maximum atomic E-state index is 11.9. The molecule has 0 aliphatic carbocycles. The zero-order chi connectivity index (χ0) is 17.4. The molecular weight excluding hydrogens is 302 g/mol. The summed E-state index contributed by atoms with van der Waals surface area (Å²) in [4.78, 5) is 23.1. The maximum Gasteiger partial charge on any atom is 0.262 e. The Morgan fingerprint density at radius 3 is 2.25 bits per heavy atom. The van der Waals surface area contributed by atoms with Crippen LogP contribution in [0.1, 0.15) is 42.6 Å². The highest BCUT2D eigenvalue weighted by atomic mass is 16.5. The number of hydrogen-bond donors (Lipinski definition) is 1. The first-order valence-electron chi connectivity index (χ1n) is 8.21. The molecule has 4 nitrogen and oxygen atoms in total. The largest absolute Gasteiger partial charge is 0.484 e. The van der Waals surface area contributed by atoms with Crippen molar-refractivity contribution in [1.82, 2.24) is 0 Å². The van der Waals surface area contributed by atoms with Crippen molar-refractivity contribution in [3.05, 3.63) is 59.7 Å². The van der Waals surface area contributed by atoms with Gasteiger partial charge in [-0.05, 0) is 61.7 Å². The number of benzene rings is 2. The highest BCUT2D eigenvalue weighted by Gasteiger charge is 2.05. The zero-order valence-corrected chi connectivity index (χ0v) is 14.2. The van der Waals surface area contributed by atoms with Gasteiger partial charge in [0.05, 0.1) is 0 Å². The van der Waals surface area contributed by atoms with Crippen molar-refractivity contribution in [3.8, 4) is 5.75 Å². The molecule has 0 atom stereocenters. The van der Waals surface area contributed by atoms with Gasteiger partial charge in [-0.3, -0.25) is 9.59 Å². The van der Waals surface area contributed by atoms with Gasteiger partial charge in [0, 0.05) is 11.3 Å². The average molecular weight is 325 g/mol. The zero-order valence-electron chi connectivity index (χ0n) is 14.2. The summed E-state index contributed by atoms with van der Waals surface area (Å²) in [6, 6.07) is 14.6. The minimum absolute atomic E-state index is 0.00155. The number of unbranched alkanes of at least 4 members (excludes halogenated alkanes) is 1. The minimum Gasteiger partial charge on any atom is -0.484 e. The topological polar surface area (TPSA) is 55.4 Å².